The van der Waals surface area contributed by atoms with E-state index >= 15 is 0 Å². The van der Waals surface area contributed by atoms with Crippen molar-refractivity contribution < 1.29 is 9.53 Å². The number of nitrogens with one attached hydrogen (secondary N) is 1. The SMILES string of the molecule is Cc1ccc(OCC(=O)Nc2nc3scc(-c4ccc(Cl)cc4Cl)n3n2)cc1C. The first-order valence-corrected chi connectivity index (χ1v) is 10.3. The molecule has 0 atom stereocenters. The quantitative estimate of drug-likeness (QED) is 0.445. The molecule has 0 spiro atoms. The van der Waals surface area contributed by atoms with Crippen molar-refractivity contribution in [3.05, 3.63) is 63.0 Å². The van der Waals surface area contributed by atoms with Gasteiger partial charge in [-0.15, -0.1) is 16.4 Å². The third-order valence-electron chi connectivity index (χ3n) is 4.39. The second kappa shape index (κ2) is 8.02. The third kappa shape index (κ3) is 4.22. The Morgan fingerprint density at radius 3 is 2.76 bits per heavy atom. The Balaban J connectivity index is 1.48. The van der Waals surface area contributed by atoms with Gasteiger partial charge < -0.3 is 4.74 Å². The van der Waals surface area contributed by atoms with Crippen molar-refractivity contribution in [2.24, 2.45) is 0 Å². The van der Waals surface area contributed by atoms with Crippen molar-refractivity contribution >= 4 is 51.4 Å². The summed E-state index contributed by atoms with van der Waals surface area (Å²) in [6, 6.07) is 10.9. The van der Waals surface area contributed by atoms with Crippen LogP contribution in [0, 0.1) is 13.8 Å². The molecule has 2 aromatic carbocycles. The van der Waals surface area contributed by atoms with Gasteiger partial charge >= 0.3 is 0 Å². The monoisotopic (exact) mass is 446 g/mol. The number of aromatic nitrogens is 3. The van der Waals surface area contributed by atoms with Gasteiger partial charge in [0.1, 0.15) is 5.75 Å². The molecule has 0 radical (unpaired) electrons. The lowest BCUT2D eigenvalue weighted by atomic mass is 10.1. The zero-order chi connectivity index (χ0) is 20.5. The largest absolute Gasteiger partial charge is 0.484 e. The molecule has 0 bridgehead atoms. The minimum Gasteiger partial charge on any atom is -0.484 e. The zero-order valence-electron chi connectivity index (χ0n) is 15.6. The van der Waals surface area contributed by atoms with Crippen molar-refractivity contribution in [1.82, 2.24) is 14.6 Å². The van der Waals surface area contributed by atoms with E-state index < -0.39 is 0 Å². The third-order valence-corrected chi connectivity index (χ3v) is 5.75. The summed E-state index contributed by atoms with van der Waals surface area (Å²) in [5.41, 5.74) is 3.82. The molecule has 1 N–H and O–H groups in total. The van der Waals surface area contributed by atoms with Gasteiger partial charge in [-0.1, -0.05) is 29.3 Å². The molecule has 2 heterocycles. The van der Waals surface area contributed by atoms with Gasteiger partial charge in [0.05, 0.1) is 10.7 Å². The second-order valence-electron chi connectivity index (χ2n) is 6.46. The molecule has 0 aliphatic heterocycles. The van der Waals surface area contributed by atoms with Crippen LogP contribution in [-0.2, 0) is 4.79 Å². The maximum atomic E-state index is 12.2. The normalized spacial score (nSPS) is 11.0. The predicted octanol–water partition coefficient (Wildman–Crippen LogP) is 5.40. The maximum absolute atomic E-state index is 12.2. The lowest BCUT2D eigenvalue weighted by Crippen LogP contribution is -2.21. The number of fused-ring (bicyclic) bond motifs is 1. The highest BCUT2D eigenvalue weighted by Crippen LogP contribution is 2.33. The molecule has 148 valence electrons. The number of anilines is 1. The Labute approximate surface area is 181 Å². The minimum atomic E-state index is -0.340. The van der Waals surface area contributed by atoms with Crippen LogP contribution < -0.4 is 10.1 Å². The van der Waals surface area contributed by atoms with Crippen molar-refractivity contribution in [2.75, 3.05) is 11.9 Å². The average molecular weight is 447 g/mol. The first-order valence-electron chi connectivity index (χ1n) is 8.70. The molecule has 0 aliphatic rings. The highest BCUT2D eigenvalue weighted by Gasteiger charge is 2.15. The summed E-state index contributed by atoms with van der Waals surface area (Å²) in [7, 11) is 0. The molecule has 0 fully saturated rings. The Kier molecular flexibility index (Phi) is 5.45. The van der Waals surface area contributed by atoms with Gasteiger partial charge in [-0.3, -0.25) is 10.1 Å². The summed E-state index contributed by atoms with van der Waals surface area (Å²) >= 11 is 13.7. The van der Waals surface area contributed by atoms with E-state index in [1.165, 1.54) is 16.9 Å². The highest BCUT2D eigenvalue weighted by atomic mass is 35.5. The Morgan fingerprint density at radius 1 is 1.17 bits per heavy atom. The van der Waals surface area contributed by atoms with E-state index in [2.05, 4.69) is 15.4 Å². The van der Waals surface area contributed by atoms with Gasteiger partial charge in [0.2, 0.25) is 4.96 Å². The van der Waals surface area contributed by atoms with Crippen LogP contribution in [0.5, 0.6) is 5.75 Å². The summed E-state index contributed by atoms with van der Waals surface area (Å²) in [5, 5.41) is 10.0. The fourth-order valence-electron chi connectivity index (χ4n) is 2.73. The highest BCUT2D eigenvalue weighted by molar-refractivity contribution is 7.15. The van der Waals surface area contributed by atoms with E-state index in [4.69, 9.17) is 27.9 Å². The molecule has 0 saturated carbocycles. The summed E-state index contributed by atoms with van der Waals surface area (Å²) in [6.45, 7) is 3.88. The minimum absolute atomic E-state index is 0.134. The molecule has 0 aliphatic carbocycles. The average Bonchev–Trinajstić information content (AvgIpc) is 3.23. The number of carbonyl (C=O) groups excluding carboxylic acids is 1. The first kappa shape index (κ1) is 19.7. The summed E-state index contributed by atoms with van der Waals surface area (Å²) in [4.78, 5) is 17.2. The molecule has 9 heteroatoms. The standard InChI is InChI=1S/C20H16Cl2N4O2S/c1-11-3-5-14(7-12(11)2)28-9-18(27)23-19-24-20-26(25-19)17(10-29-20)15-6-4-13(21)8-16(15)22/h3-8,10H,9H2,1-2H3,(H,23,25,27). The fourth-order valence-corrected chi connectivity index (χ4v) is 4.06. The predicted molar refractivity (Wildman–Crippen MR) is 116 cm³/mol. The fraction of sp³-hybridized carbons (Fsp3) is 0.150. The summed E-state index contributed by atoms with van der Waals surface area (Å²) < 4.78 is 7.19. The smallest absolute Gasteiger partial charge is 0.264 e. The van der Waals surface area contributed by atoms with Gasteiger partial charge in [-0.25, -0.2) is 4.52 Å². The number of ether oxygens (including phenoxy) is 1. The summed E-state index contributed by atoms with van der Waals surface area (Å²) in [6.07, 6.45) is 0. The molecule has 29 heavy (non-hydrogen) atoms. The van der Waals surface area contributed by atoms with Crippen molar-refractivity contribution in [3.8, 4) is 17.0 Å². The number of hydrogen-bond donors (Lipinski definition) is 1. The maximum Gasteiger partial charge on any atom is 0.264 e. The van der Waals surface area contributed by atoms with Gasteiger partial charge in [0.25, 0.3) is 11.9 Å². The Bertz CT molecular complexity index is 1220. The van der Waals surface area contributed by atoms with Gasteiger partial charge in [0.15, 0.2) is 6.61 Å². The number of thiazole rings is 1. The van der Waals surface area contributed by atoms with Crippen LogP contribution in [0.25, 0.3) is 16.2 Å². The lowest BCUT2D eigenvalue weighted by Gasteiger charge is -2.07. The summed E-state index contributed by atoms with van der Waals surface area (Å²) in [5.74, 6) is 0.506. The number of amides is 1. The number of rotatable bonds is 5. The molecule has 4 aromatic rings. The molecule has 2 aromatic heterocycles. The van der Waals surface area contributed by atoms with Crippen LogP contribution in [-0.4, -0.2) is 27.1 Å². The first-order chi connectivity index (χ1) is 13.9. The molecule has 1 amide bonds. The molecule has 0 unspecified atom stereocenters. The van der Waals surface area contributed by atoms with Gasteiger partial charge in [0, 0.05) is 16.0 Å². The van der Waals surface area contributed by atoms with E-state index in [0.717, 1.165) is 16.8 Å². The van der Waals surface area contributed by atoms with Crippen LogP contribution in [0.1, 0.15) is 11.1 Å². The van der Waals surface area contributed by atoms with E-state index in [-0.39, 0.29) is 18.5 Å². The number of benzene rings is 2. The van der Waals surface area contributed by atoms with Gasteiger partial charge in [-0.05, 0) is 55.3 Å². The number of nitrogens with zero attached hydrogens (tertiary/aromatic N) is 3. The number of carbonyl (C=O) groups is 1. The second-order valence-corrected chi connectivity index (χ2v) is 8.14. The molecule has 4 rings (SSSR count). The van der Waals surface area contributed by atoms with E-state index in [1.54, 1.807) is 16.6 Å². The number of halogens is 2. The van der Waals surface area contributed by atoms with E-state index in [0.29, 0.717) is 20.8 Å². The van der Waals surface area contributed by atoms with Crippen LogP contribution in [0.3, 0.4) is 0 Å². The van der Waals surface area contributed by atoms with Crippen LogP contribution in [0.4, 0.5) is 5.95 Å². The van der Waals surface area contributed by atoms with Crippen LogP contribution in [0.2, 0.25) is 10.0 Å². The van der Waals surface area contributed by atoms with Crippen LogP contribution in [0.15, 0.2) is 41.8 Å². The molecule has 6 nitrogen and oxygen atoms in total. The Morgan fingerprint density at radius 2 is 2.00 bits per heavy atom. The molecular weight excluding hydrogens is 431 g/mol. The Hall–Kier alpha value is -2.61. The molecule has 0 saturated heterocycles. The van der Waals surface area contributed by atoms with Crippen molar-refractivity contribution in [2.45, 2.75) is 13.8 Å². The molecular formula is C20H16Cl2N4O2S. The van der Waals surface area contributed by atoms with Gasteiger partial charge in [-0.2, -0.15) is 4.98 Å². The number of aryl methyl sites for hydroxylation is 2. The topological polar surface area (TPSA) is 68.5 Å². The van der Waals surface area contributed by atoms with E-state index in [1.807, 2.05) is 43.5 Å². The van der Waals surface area contributed by atoms with Crippen LogP contribution >= 0.6 is 34.5 Å². The zero-order valence-corrected chi connectivity index (χ0v) is 17.9. The number of hydrogen-bond acceptors (Lipinski definition) is 5. The van der Waals surface area contributed by atoms with E-state index in [9.17, 15) is 4.79 Å². The van der Waals surface area contributed by atoms with Crippen molar-refractivity contribution in [3.63, 3.8) is 0 Å². The van der Waals surface area contributed by atoms with Crippen molar-refractivity contribution in [1.29, 1.82) is 0 Å². The lowest BCUT2D eigenvalue weighted by molar-refractivity contribution is -0.118.